The van der Waals surface area contributed by atoms with Crippen molar-refractivity contribution in [2.24, 2.45) is 0 Å². The topological polar surface area (TPSA) is 47.6 Å². The molecular formula is C10H19BClNO3. The van der Waals surface area contributed by atoms with Gasteiger partial charge in [-0.25, -0.2) is 0 Å². The molecule has 2 fully saturated rings. The Kier molecular flexibility index (Phi) is 3.63. The number of hydrogen-bond donors (Lipinski definition) is 1. The van der Waals surface area contributed by atoms with Gasteiger partial charge in [0.05, 0.1) is 11.2 Å². The largest absolute Gasteiger partial charge is 0.463 e. The molecule has 0 radical (unpaired) electrons. The van der Waals surface area contributed by atoms with E-state index in [0.717, 1.165) is 0 Å². The highest BCUT2D eigenvalue weighted by atomic mass is 35.5. The van der Waals surface area contributed by atoms with Crippen LogP contribution in [-0.4, -0.2) is 30.8 Å². The molecule has 0 aromatic carbocycles. The molecule has 0 aromatic heterocycles. The van der Waals surface area contributed by atoms with Crippen LogP contribution in [-0.2, 0) is 14.1 Å². The Hall–Kier alpha value is -0.255. The fourth-order valence-electron chi connectivity index (χ4n) is 1.90. The van der Waals surface area contributed by atoms with Crippen LogP contribution in [0.2, 0.25) is 5.82 Å². The Morgan fingerprint density at radius 2 is 1.75 bits per heavy atom. The lowest BCUT2D eigenvalue weighted by molar-refractivity contribution is -0.119. The van der Waals surface area contributed by atoms with E-state index in [2.05, 4.69) is 5.32 Å². The zero-order valence-corrected chi connectivity index (χ0v) is 11.0. The van der Waals surface area contributed by atoms with Crippen LogP contribution in [0.15, 0.2) is 0 Å². The third-order valence-electron chi connectivity index (χ3n) is 3.67. The number of amides is 1. The van der Waals surface area contributed by atoms with Crippen molar-refractivity contribution in [1.29, 1.82) is 0 Å². The van der Waals surface area contributed by atoms with Gasteiger partial charge in [-0.1, -0.05) is 0 Å². The van der Waals surface area contributed by atoms with E-state index in [9.17, 15) is 4.79 Å². The second-order valence-corrected chi connectivity index (χ2v) is 5.39. The van der Waals surface area contributed by atoms with Crippen LogP contribution >= 0.6 is 12.4 Å². The number of halogens is 1. The van der Waals surface area contributed by atoms with Crippen molar-refractivity contribution < 1.29 is 14.1 Å². The Morgan fingerprint density at radius 3 is 2.12 bits per heavy atom. The SMILES string of the molecule is CC1(C)OB(C2CNC(=O)C2)OC1(C)C.Cl. The normalized spacial score (nSPS) is 31.1. The highest BCUT2D eigenvalue weighted by Gasteiger charge is 2.54. The average molecular weight is 248 g/mol. The molecule has 92 valence electrons. The molecule has 1 unspecified atom stereocenters. The van der Waals surface area contributed by atoms with Crippen LogP contribution in [0, 0.1) is 0 Å². The molecule has 0 saturated carbocycles. The first-order chi connectivity index (χ1) is 6.82. The molecule has 2 aliphatic heterocycles. The monoisotopic (exact) mass is 247 g/mol. The third-order valence-corrected chi connectivity index (χ3v) is 3.67. The van der Waals surface area contributed by atoms with E-state index in [1.165, 1.54) is 0 Å². The van der Waals surface area contributed by atoms with Crippen LogP contribution in [0.25, 0.3) is 0 Å². The van der Waals surface area contributed by atoms with Gasteiger partial charge in [-0.15, -0.1) is 12.4 Å². The first-order valence-corrected chi connectivity index (χ1v) is 5.44. The molecule has 2 aliphatic rings. The summed E-state index contributed by atoms with van der Waals surface area (Å²) in [5.41, 5.74) is -0.605. The fraction of sp³-hybridized carbons (Fsp3) is 0.900. The van der Waals surface area contributed by atoms with E-state index in [0.29, 0.717) is 13.0 Å². The lowest BCUT2D eigenvalue weighted by atomic mass is 9.71. The Bertz CT molecular complexity index is 280. The van der Waals surface area contributed by atoms with Gasteiger partial charge in [0.15, 0.2) is 0 Å². The number of carbonyl (C=O) groups is 1. The molecule has 16 heavy (non-hydrogen) atoms. The Morgan fingerprint density at radius 1 is 1.25 bits per heavy atom. The van der Waals surface area contributed by atoms with Gasteiger partial charge in [0.2, 0.25) is 5.91 Å². The minimum Gasteiger partial charge on any atom is -0.403 e. The molecule has 1 atom stereocenters. The fourth-order valence-corrected chi connectivity index (χ4v) is 1.90. The maximum absolute atomic E-state index is 11.1. The molecule has 0 aliphatic carbocycles. The van der Waals surface area contributed by atoms with E-state index < -0.39 is 0 Å². The van der Waals surface area contributed by atoms with Crippen molar-refractivity contribution in [2.75, 3.05) is 6.54 Å². The van der Waals surface area contributed by atoms with Crippen LogP contribution in [0.1, 0.15) is 34.1 Å². The second-order valence-electron chi connectivity index (χ2n) is 5.39. The second kappa shape index (κ2) is 4.20. The number of carbonyl (C=O) groups excluding carboxylic acids is 1. The smallest absolute Gasteiger partial charge is 0.403 e. The predicted octanol–water partition coefficient (Wildman–Crippen LogP) is 1.39. The van der Waals surface area contributed by atoms with Crippen LogP contribution < -0.4 is 5.32 Å². The van der Waals surface area contributed by atoms with E-state index in [1.807, 2.05) is 27.7 Å². The molecule has 0 spiro atoms. The van der Waals surface area contributed by atoms with E-state index in [-0.39, 0.29) is 42.5 Å². The van der Waals surface area contributed by atoms with Gasteiger partial charge < -0.3 is 14.6 Å². The zero-order valence-electron chi connectivity index (χ0n) is 10.2. The van der Waals surface area contributed by atoms with Gasteiger partial charge in [0, 0.05) is 18.8 Å². The lowest BCUT2D eigenvalue weighted by Crippen LogP contribution is -2.41. The highest BCUT2D eigenvalue weighted by Crippen LogP contribution is 2.41. The van der Waals surface area contributed by atoms with Crippen molar-refractivity contribution >= 4 is 25.4 Å². The van der Waals surface area contributed by atoms with E-state index >= 15 is 0 Å². The standard InChI is InChI=1S/C10H18BNO3.ClH/c1-9(2)10(3,4)15-11(14-9)7-5-8(13)12-6-7;/h7H,5-6H2,1-4H3,(H,12,13);1H. The third kappa shape index (κ3) is 2.22. The summed E-state index contributed by atoms with van der Waals surface area (Å²) in [5.74, 6) is 0.244. The molecule has 2 rings (SSSR count). The highest BCUT2D eigenvalue weighted by molar-refractivity contribution is 6.48. The van der Waals surface area contributed by atoms with Gasteiger partial charge in [-0.2, -0.15) is 0 Å². The number of rotatable bonds is 1. The first kappa shape index (κ1) is 13.8. The molecule has 4 nitrogen and oxygen atoms in total. The van der Waals surface area contributed by atoms with Crippen molar-refractivity contribution in [2.45, 2.75) is 51.1 Å². The van der Waals surface area contributed by atoms with Crippen molar-refractivity contribution in [1.82, 2.24) is 5.32 Å². The molecule has 0 aromatic rings. The van der Waals surface area contributed by atoms with Crippen molar-refractivity contribution in [3.63, 3.8) is 0 Å². The summed E-state index contributed by atoms with van der Waals surface area (Å²) in [6.07, 6.45) is 0.511. The summed E-state index contributed by atoms with van der Waals surface area (Å²) in [7, 11) is -0.256. The van der Waals surface area contributed by atoms with E-state index in [4.69, 9.17) is 9.31 Å². The minimum absolute atomic E-state index is 0. The lowest BCUT2D eigenvalue weighted by Gasteiger charge is -2.32. The molecule has 2 saturated heterocycles. The van der Waals surface area contributed by atoms with Crippen molar-refractivity contribution in [3.05, 3.63) is 0 Å². The van der Waals surface area contributed by atoms with Crippen LogP contribution in [0.4, 0.5) is 0 Å². The maximum atomic E-state index is 11.1. The molecule has 2 heterocycles. The van der Waals surface area contributed by atoms with Gasteiger partial charge in [-0.3, -0.25) is 4.79 Å². The summed E-state index contributed by atoms with van der Waals surface area (Å²) in [5, 5.41) is 2.80. The molecule has 1 N–H and O–H groups in total. The Labute approximate surface area is 103 Å². The molecule has 6 heteroatoms. The minimum atomic E-state index is -0.302. The van der Waals surface area contributed by atoms with Gasteiger partial charge in [0.1, 0.15) is 0 Å². The quantitative estimate of drug-likeness (QED) is 0.713. The van der Waals surface area contributed by atoms with Gasteiger partial charge >= 0.3 is 7.12 Å². The average Bonchev–Trinajstić information content (AvgIpc) is 2.56. The first-order valence-electron chi connectivity index (χ1n) is 5.44. The van der Waals surface area contributed by atoms with Gasteiger partial charge in [0.25, 0.3) is 0 Å². The summed E-state index contributed by atoms with van der Waals surface area (Å²) >= 11 is 0. The van der Waals surface area contributed by atoms with Crippen molar-refractivity contribution in [3.8, 4) is 0 Å². The molecule has 1 amide bonds. The zero-order chi connectivity index (χ0) is 11.3. The number of hydrogen-bond acceptors (Lipinski definition) is 3. The summed E-state index contributed by atoms with van der Waals surface area (Å²) in [4.78, 5) is 11.1. The Balaban J connectivity index is 0.00000128. The predicted molar refractivity (Wildman–Crippen MR) is 64.7 cm³/mol. The molecule has 0 bridgehead atoms. The van der Waals surface area contributed by atoms with Crippen LogP contribution in [0.3, 0.4) is 0 Å². The summed E-state index contributed by atoms with van der Waals surface area (Å²) in [6.45, 7) is 8.76. The summed E-state index contributed by atoms with van der Waals surface area (Å²) in [6, 6.07) is 0. The van der Waals surface area contributed by atoms with Gasteiger partial charge in [-0.05, 0) is 27.7 Å². The van der Waals surface area contributed by atoms with E-state index in [1.54, 1.807) is 0 Å². The number of nitrogens with one attached hydrogen (secondary N) is 1. The van der Waals surface area contributed by atoms with Crippen LogP contribution in [0.5, 0.6) is 0 Å². The summed E-state index contributed by atoms with van der Waals surface area (Å²) < 4.78 is 11.8. The maximum Gasteiger partial charge on any atom is 0.463 e. The molecular weight excluding hydrogens is 228 g/mol.